The van der Waals surface area contributed by atoms with Gasteiger partial charge in [-0.1, -0.05) is 34.9 Å². The van der Waals surface area contributed by atoms with Crippen LogP contribution >= 0.6 is 0 Å². The number of amides is 1. The van der Waals surface area contributed by atoms with Crippen LogP contribution in [0, 0.1) is 12.8 Å². The SMILES string of the molecule is COc1ccc([C@@H]2[C@@H]3C[C@@H](N=[N+]=[N-])c4ccc(C)cc4C3=NN2C(C)=O)cc1. The largest absolute Gasteiger partial charge is 0.497 e. The number of hydrazone groups is 1. The van der Waals surface area contributed by atoms with Gasteiger partial charge in [-0.3, -0.25) is 4.79 Å². The zero-order chi connectivity index (χ0) is 19.8. The highest BCUT2D eigenvalue weighted by Gasteiger charge is 2.45. The number of hydrogen-bond donors (Lipinski definition) is 0. The molecule has 0 saturated carbocycles. The van der Waals surface area contributed by atoms with Crippen molar-refractivity contribution in [2.45, 2.75) is 32.4 Å². The average molecular weight is 375 g/mol. The van der Waals surface area contributed by atoms with Gasteiger partial charge in [0, 0.05) is 23.3 Å². The Balaban J connectivity index is 1.84. The van der Waals surface area contributed by atoms with Crippen LogP contribution in [0.5, 0.6) is 5.75 Å². The summed E-state index contributed by atoms with van der Waals surface area (Å²) < 4.78 is 5.26. The molecular formula is C21H21N5O2. The molecule has 7 nitrogen and oxygen atoms in total. The number of fused-ring (bicyclic) bond motifs is 3. The minimum absolute atomic E-state index is 0.0397. The van der Waals surface area contributed by atoms with Gasteiger partial charge in [-0.15, -0.1) is 0 Å². The first-order valence-electron chi connectivity index (χ1n) is 9.21. The molecule has 3 atom stereocenters. The molecule has 2 aromatic carbocycles. The highest BCUT2D eigenvalue weighted by atomic mass is 16.5. The lowest BCUT2D eigenvalue weighted by Gasteiger charge is -2.32. The van der Waals surface area contributed by atoms with Crippen LogP contribution in [0.1, 0.15) is 47.7 Å². The van der Waals surface area contributed by atoms with E-state index in [9.17, 15) is 4.79 Å². The summed E-state index contributed by atoms with van der Waals surface area (Å²) in [5, 5.41) is 10.3. The predicted octanol–water partition coefficient (Wildman–Crippen LogP) is 4.68. The Morgan fingerprint density at radius 3 is 2.68 bits per heavy atom. The normalized spacial score (nSPS) is 22.6. The number of carbonyl (C=O) groups is 1. The smallest absolute Gasteiger partial charge is 0.240 e. The second-order valence-corrected chi connectivity index (χ2v) is 7.22. The fourth-order valence-electron chi connectivity index (χ4n) is 4.23. The van der Waals surface area contributed by atoms with E-state index in [1.807, 2.05) is 43.3 Å². The Morgan fingerprint density at radius 1 is 1.29 bits per heavy atom. The number of rotatable bonds is 3. The first-order chi connectivity index (χ1) is 13.5. The lowest BCUT2D eigenvalue weighted by atomic mass is 9.75. The number of methoxy groups -OCH3 is 1. The average Bonchev–Trinajstić information content (AvgIpc) is 3.08. The number of hydrogen-bond acceptors (Lipinski definition) is 4. The van der Waals surface area contributed by atoms with Crippen molar-refractivity contribution in [3.8, 4) is 5.75 Å². The standard InChI is InChI=1S/C21H21N5O2/c1-12-4-9-16-17(10-12)20-18(11-19(16)23-25-22)21(26(24-20)13(2)27)14-5-7-15(28-3)8-6-14/h4-10,18-19,21H,11H2,1-3H3/t18-,19-,21-/m1/s1. The van der Waals surface area contributed by atoms with Crippen molar-refractivity contribution in [2.24, 2.45) is 16.1 Å². The third-order valence-corrected chi connectivity index (χ3v) is 5.50. The molecule has 0 bridgehead atoms. The number of ether oxygens (including phenoxy) is 1. The van der Waals surface area contributed by atoms with Gasteiger partial charge in [-0.05, 0) is 48.2 Å². The van der Waals surface area contributed by atoms with Crippen LogP contribution in [0.15, 0.2) is 52.7 Å². The number of benzene rings is 2. The van der Waals surface area contributed by atoms with E-state index in [0.717, 1.165) is 33.7 Å². The fraction of sp³-hybridized carbons (Fsp3) is 0.333. The molecule has 4 rings (SSSR count). The number of carbonyl (C=O) groups excluding carboxylic acids is 1. The molecule has 7 heteroatoms. The molecule has 0 spiro atoms. The molecule has 2 aliphatic rings. The number of azide groups is 1. The molecule has 2 aromatic rings. The van der Waals surface area contributed by atoms with Crippen molar-refractivity contribution in [1.82, 2.24) is 5.01 Å². The summed E-state index contributed by atoms with van der Waals surface area (Å²) >= 11 is 0. The number of nitrogens with zero attached hydrogens (tertiary/aromatic N) is 5. The quantitative estimate of drug-likeness (QED) is 0.443. The summed E-state index contributed by atoms with van der Waals surface area (Å²) in [5.41, 5.74) is 14.0. The molecule has 0 aromatic heterocycles. The zero-order valence-corrected chi connectivity index (χ0v) is 16.0. The summed E-state index contributed by atoms with van der Waals surface area (Å²) in [4.78, 5) is 15.5. The molecule has 0 fully saturated rings. The maximum atomic E-state index is 12.4. The Labute approximate surface area is 163 Å². The van der Waals surface area contributed by atoms with E-state index < -0.39 is 0 Å². The molecule has 1 aliphatic heterocycles. The lowest BCUT2D eigenvalue weighted by molar-refractivity contribution is -0.131. The number of aryl methyl sites for hydroxylation is 1. The van der Waals surface area contributed by atoms with Crippen molar-refractivity contribution in [2.75, 3.05) is 7.11 Å². The highest BCUT2D eigenvalue weighted by Crippen LogP contribution is 2.48. The first kappa shape index (κ1) is 18.1. The topological polar surface area (TPSA) is 90.7 Å². The summed E-state index contributed by atoms with van der Waals surface area (Å²) in [6.07, 6.45) is 0.611. The second kappa shape index (κ2) is 7.02. The molecule has 0 radical (unpaired) electrons. The monoisotopic (exact) mass is 375 g/mol. The summed E-state index contributed by atoms with van der Waals surface area (Å²) in [5.74, 6) is 0.605. The molecule has 142 valence electrons. The van der Waals surface area contributed by atoms with Gasteiger partial charge in [0.05, 0.1) is 24.9 Å². The zero-order valence-electron chi connectivity index (χ0n) is 16.0. The van der Waals surface area contributed by atoms with Gasteiger partial charge < -0.3 is 4.74 Å². The van der Waals surface area contributed by atoms with E-state index in [0.29, 0.717) is 6.42 Å². The van der Waals surface area contributed by atoms with Crippen molar-refractivity contribution < 1.29 is 9.53 Å². The van der Waals surface area contributed by atoms with E-state index in [1.165, 1.54) is 6.92 Å². The Bertz CT molecular complexity index is 1010. The second-order valence-electron chi connectivity index (χ2n) is 7.22. The van der Waals surface area contributed by atoms with Crippen molar-refractivity contribution in [1.29, 1.82) is 0 Å². The summed E-state index contributed by atoms with van der Waals surface area (Å²) in [7, 11) is 1.62. The Hall–Kier alpha value is -3.31. The van der Waals surface area contributed by atoms with Gasteiger partial charge in [0.1, 0.15) is 5.75 Å². The first-order valence-corrected chi connectivity index (χ1v) is 9.21. The van der Waals surface area contributed by atoms with Crippen LogP contribution < -0.4 is 4.74 Å². The van der Waals surface area contributed by atoms with E-state index >= 15 is 0 Å². The molecule has 1 aliphatic carbocycles. The lowest BCUT2D eigenvalue weighted by Crippen LogP contribution is -2.32. The van der Waals surface area contributed by atoms with Crippen LogP contribution in [0.4, 0.5) is 0 Å². The summed E-state index contributed by atoms with van der Waals surface area (Å²) in [6.45, 7) is 3.55. The van der Waals surface area contributed by atoms with E-state index in [4.69, 9.17) is 15.4 Å². The van der Waals surface area contributed by atoms with Crippen molar-refractivity contribution >= 4 is 11.6 Å². The predicted molar refractivity (Wildman–Crippen MR) is 106 cm³/mol. The third kappa shape index (κ3) is 2.90. The van der Waals surface area contributed by atoms with Crippen LogP contribution in [-0.4, -0.2) is 23.7 Å². The van der Waals surface area contributed by atoms with Crippen molar-refractivity contribution in [3.05, 3.63) is 75.2 Å². The molecule has 1 amide bonds. The fourth-order valence-corrected chi connectivity index (χ4v) is 4.23. The third-order valence-electron chi connectivity index (χ3n) is 5.50. The van der Waals surface area contributed by atoms with Crippen LogP contribution in [0.3, 0.4) is 0 Å². The molecule has 0 saturated heterocycles. The maximum Gasteiger partial charge on any atom is 0.240 e. The molecule has 0 unspecified atom stereocenters. The van der Waals surface area contributed by atoms with Crippen LogP contribution in [-0.2, 0) is 4.79 Å². The molecule has 28 heavy (non-hydrogen) atoms. The van der Waals surface area contributed by atoms with Crippen LogP contribution in [0.2, 0.25) is 0 Å². The minimum Gasteiger partial charge on any atom is -0.497 e. The highest BCUT2D eigenvalue weighted by molar-refractivity contribution is 6.07. The maximum absolute atomic E-state index is 12.4. The molecule has 0 N–H and O–H groups in total. The van der Waals surface area contributed by atoms with Gasteiger partial charge in [-0.2, -0.15) is 5.10 Å². The van der Waals surface area contributed by atoms with Crippen molar-refractivity contribution in [3.63, 3.8) is 0 Å². The van der Waals surface area contributed by atoms with Gasteiger partial charge in [0.2, 0.25) is 5.91 Å². The van der Waals surface area contributed by atoms with Gasteiger partial charge in [0.25, 0.3) is 0 Å². The van der Waals surface area contributed by atoms with E-state index in [1.54, 1.807) is 12.1 Å². The molecular weight excluding hydrogens is 354 g/mol. The minimum atomic E-state index is -0.280. The van der Waals surface area contributed by atoms with Gasteiger partial charge >= 0.3 is 0 Å². The van der Waals surface area contributed by atoms with E-state index in [2.05, 4.69) is 16.1 Å². The Kier molecular flexibility index (Phi) is 4.53. The Morgan fingerprint density at radius 2 is 2.04 bits per heavy atom. The molecule has 1 heterocycles. The van der Waals surface area contributed by atoms with Crippen LogP contribution in [0.25, 0.3) is 10.4 Å². The van der Waals surface area contributed by atoms with Gasteiger partial charge in [0.15, 0.2) is 0 Å². The van der Waals surface area contributed by atoms with Gasteiger partial charge in [-0.25, -0.2) is 5.01 Å². The van der Waals surface area contributed by atoms with E-state index in [-0.39, 0.29) is 23.9 Å². The summed E-state index contributed by atoms with van der Waals surface area (Å²) in [6, 6.07) is 13.3.